The van der Waals surface area contributed by atoms with E-state index >= 15 is 0 Å². The van der Waals surface area contributed by atoms with E-state index in [-0.39, 0.29) is 0 Å². The van der Waals surface area contributed by atoms with Crippen LogP contribution < -0.4 is 0 Å². The number of aliphatic carboxylic acids is 1. The molecule has 21 heavy (non-hydrogen) atoms. The van der Waals surface area contributed by atoms with Crippen LogP contribution in [0.1, 0.15) is 30.6 Å². The van der Waals surface area contributed by atoms with Crippen molar-refractivity contribution in [2.45, 2.75) is 25.8 Å². The molecule has 2 aliphatic heterocycles. The minimum Gasteiger partial charge on any atom is -0.477 e. The molecule has 3 heterocycles. The molecular weight excluding hydrogens is 264 g/mol. The van der Waals surface area contributed by atoms with Crippen LogP contribution >= 0.6 is 0 Å². The zero-order chi connectivity index (χ0) is 14.6. The first-order chi connectivity index (χ1) is 10.2. The standard InChI is InChI=1S/C17H18N2O2/c1-2-18-10-9-12-11-5-3-4-6-13(11)19-15(17(20)21)8-7-14(18)16(12)19/h3-6,8,14H,2,7,9-10H2,1H3,(H,20,21). The van der Waals surface area contributed by atoms with Crippen molar-refractivity contribution in [3.05, 3.63) is 41.6 Å². The van der Waals surface area contributed by atoms with Gasteiger partial charge in [-0.2, -0.15) is 0 Å². The zero-order valence-electron chi connectivity index (χ0n) is 12.0. The van der Waals surface area contributed by atoms with E-state index in [1.165, 1.54) is 16.6 Å². The topological polar surface area (TPSA) is 45.5 Å². The van der Waals surface area contributed by atoms with Crippen LogP contribution in [0.2, 0.25) is 0 Å². The lowest BCUT2D eigenvalue weighted by Gasteiger charge is -2.38. The minimum absolute atomic E-state index is 0.314. The molecular formula is C17H18N2O2. The Morgan fingerprint density at radius 1 is 1.38 bits per heavy atom. The molecule has 4 rings (SSSR count). The summed E-state index contributed by atoms with van der Waals surface area (Å²) in [6, 6.07) is 8.49. The number of carboxylic acids is 1. The SMILES string of the molecule is CCN1CCc2c3n(c4ccccc24)C(C(=O)O)=CCC31. The summed E-state index contributed by atoms with van der Waals surface area (Å²) in [5.74, 6) is -0.842. The molecule has 0 saturated heterocycles. The Hall–Kier alpha value is -2.07. The van der Waals surface area contributed by atoms with E-state index in [1.54, 1.807) is 0 Å². The summed E-state index contributed by atoms with van der Waals surface area (Å²) in [4.78, 5) is 14.1. The summed E-state index contributed by atoms with van der Waals surface area (Å²) in [6.45, 7) is 4.23. The maximum absolute atomic E-state index is 11.6. The molecule has 1 aromatic carbocycles. The maximum atomic E-state index is 11.6. The highest BCUT2D eigenvalue weighted by atomic mass is 16.4. The van der Waals surface area contributed by atoms with E-state index in [2.05, 4.69) is 17.9 Å². The molecule has 0 bridgehead atoms. The fourth-order valence-electron chi connectivity index (χ4n) is 3.92. The summed E-state index contributed by atoms with van der Waals surface area (Å²) in [7, 11) is 0. The highest BCUT2D eigenvalue weighted by Crippen LogP contribution is 2.43. The molecule has 0 aliphatic carbocycles. The van der Waals surface area contributed by atoms with Gasteiger partial charge >= 0.3 is 5.97 Å². The van der Waals surface area contributed by atoms with E-state index in [4.69, 9.17) is 0 Å². The number of rotatable bonds is 2. The Morgan fingerprint density at radius 3 is 2.95 bits per heavy atom. The van der Waals surface area contributed by atoms with Gasteiger partial charge in [0.2, 0.25) is 0 Å². The van der Waals surface area contributed by atoms with Gasteiger partial charge in [0.15, 0.2) is 0 Å². The number of hydrogen-bond donors (Lipinski definition) is 1. The highest BCUT2D eigenvalue weighted by molar-refractivity contribution is 6.12. The third kappa shape index (κ3) is 1.62. The summed E-state index contributed by atoms with van der Waals surface area (Å²) >= 11 is 0. The first kappa shape index (κ1) is 12.7. The summed E-state index contributed by atoms with van der Waals surface area (Å²) < 4.78 is 1.98. The van der Waals surface area contributed by atoms with Gasteiger partial charge in [-0.25, -0.2) is 4.79 Å². The second-order valence-electron chi connectivity index (χ2n) is 5.74. The largest absolute Gasteiger partial charge is 0.477 e. The van der Waals surface area contributed by atoms with Crippen molar-refractivity contribution >= 4 is 22.6 Å². The monoisotopic (exact) mass is 282 g/mol. The van der Waals surface area contributed by atoms with Crippen LogP contribution in [-0.4, -0.2) is 33.6 Å². The number of aromatic nitrogens is 1. The lowest BCUT2D eigenvalue weighted by molar-refractivity contribution is -0.130. The Labute approximate surface area is 123 Å². The van der Waals surface area contributed by atoms with E-state index in [0.29, 0.717) is 11.7 Å². The van der Waals surface area contributed by atoms with E-state index in [1.807, 2.05) is 28.8 Å². The maximum Gasteiger partial charge on any atom is 0.352 e. The molecule has 0 radical (unpaired) electrons. The van der Waals surface area contributed by atoms with E-state index in [0.717, 1.165) is 31.4 Å². The molecule has 108 valence electrons. The van der Waals surface area contributed by atoms with Gasteiger partial charge in [0.25, 0.3) is 0 Å². The number of fused-ring (bicyclic) bond motifs is 3. The van der Waals surface area contributed by atoms with Crippen LogP contribution in [0, 0.1) is 0 Å². The normalized spacial score (nSPS) is 21.2. The van der Waals surface area contributed by atoms with Gasteiger partial charge in [0.1, 0.15) is 5.70 Å². The molecule has 1 atom stereocenters. The minimum atomic E-state index is -0.842. The molecule has 0 saturated carbocycles. The number of hydrogen-bond acceptors (Lipinski definition) is 2. The van der Waals surface area contributed by atoms with Crippen molar-refractivity contribution < 1.29 is 9.90 Å². The Balaban J connectivity index is 2.07. The first-order valence-electron chi connectivity index (χ1n) is 7.52. The van der Waals surface area contributed by atoms with Gasteiger partial charge in [-0.05, 0) is 31.0 Å². The second kappa shape index (κ2) is 4.46. The van der Waals surface area contributed by atoms with Crippen LogP contribution in [-0.2, 0) is 11.2 Å². The van der Waals surface area contributed by atoms with Crippen LogP contribution in [0.3, 0.4) is 0 Å². The van der Waals surface area contributed by atoms with Crippen molar-refractivity contribution in [2.75, 3.05) is 13.1 Å². The molecule has 4 nitrogen and oxygen atoms in total. The lowest BCUT2D eigenvalue weighted by atomic mass is 9.93. The summed E-state index contributed by atoms with van der Waals surface area (Å²) in [6.07, 6.45) is 3.67. The van der Waals surface area contributed by atoms with Crippen LogP contribution in [0.15, 0.2) is 30.3 Å². The third-order valence-electron chi connectivity index (χ3n) is 4.83. The summed E-state index contributed by atoms with van der Waals surface area (Å²) in [5, 5.41) is 10.8. The van der Waals surface area contributed by atoms with Crippen LogP contribution in [0.25, 0.3) is 16.6 Å². The molecule has 0 amide bonds. The smallest absolute Gasteiger partial charge is 0.352 e. The van der Waals surface area contributed by atoms with Crippen molar-refractivity contribution in [1.29, 1.82) is 0 Å². The quantitative estimate of drug-likeness (QED) is 0.921. The Bertz CT molecular complexity index is 772. The van der Waals surface area contributed by atoms with Gasteiger partial charge in [0, 0.05) is 17.6 Å². The lowest BCUT2D eigenvalue weighted by Crippen LogP contribution is -2.37. The zero-order valence-corrected chi connectivity index (χ0v) is 12.0. The number of nitrogens with zero attached hydrogens (tertiary/aromatic N) is 2. The fourth-order valence-corrected chi connectivity index (χ4v) is 3.92. The van der Waals surface area contributed by atoms with Gasteiger partial charge in [-0.1, -0.05) is 31.2 Å². The van der Waals surface area contributed by atoms with Gasteiger partial charge in [0.05, 0.1) is 11.6 Å². The van der Waals surface area contributed by atoms with Crippen molar-refractivity contribution in [1.82, 2.24) is 9.47 Å². The van der Waals surface area contributed by atoms with E-state index < -0.39 is 5.97 Å². The molecule has 2 aliphatic rings. The number of carboxylic acid groups (broad SMARTS) is 1. The third-order valence-corrected chi connectivity index (χ3v) is 4.83. The van der Waals surface area contributed by atoms with Crippen molar-refractivity contribution in [3.8, 4) is 0 Å². The molecule has 1 aromatic heterocycles. The van der Waals surface area contributed by atoms with Crippen LogP contribution in [0.4, 0.5) is 0 Å². The van der Waals surface area contributed by atoms with Gasteiger partial charge < -0.3 is 9.67 Å². The second-order valence-corrected chi connectivity index (χ2v) is 5.74. The van der Waals surface area contributed by atoms with Crippen LogP contribution in [0.5, 0.6) is 0 Å². The highest BCUT2D eigenvalue weighted by Gasteiger charge is 2.36. The predicted octanol–water partition coefficient (Wildman–Crippen LogP) is 2.89. The molecule has 1 N–H and O–H groups in total. The number of para-hydroxylation sites is 1. The Kier molecular flexibility index (Phi) is 2.69. The fraction of sp³-hybridized carbons (Fsp3) is 0.353. The number of benzene rings is 1. The number of likely N-dealkylation sites (N-methyl/N-ethyl adjacent to an activating group) is 1. The first-order valence-corrected chi connectivity index (χ1v) is 7.52. The molecule has 0 fully saturated rings. The van der Waals surface area contributed by atoms with Gasteiger partial charge in [-0.15, -0.1) is 0 Å². The Morgan fingerprint density at radius 2 is 2.19 bits per heavy atom. The molecule has 4 heteroatoms. The van der Waals surface area contributed by atoms with E-state index in [9.17, 15) is 9.90 Å². The molecule has 1 unspecified atom stereocenters. The van der Waals surface area contributed by atoms with Crippen molar-refractivity contribution in [3.63, 3.8) is 0 Å². The predicted molar refractivity (Wildman–Crippen MR) is 82.2 cm³/mol. The van der Waals surface area contributed by atoms with Gasteiger partial charge in [-0.3, -0.25) is 4.90 Å². The average Bonchev–Trinajstić information content (AvgIpc) is 2.84. The average molecular weight is 282 g/mol. The molecule has 2 aromatic rings. The summed E-state index contributed by atoms with van der Waals surface area (Å²) in [5.41, 5.74) is 3.97. The molecule has 0 spiro atoms. The number of carbonyl (C=O) groups is 1. The van der Waals surface area contributed by atoms with Crippen molar-refractivity contribution in [2.24, 2.45) is 0 Å².